The summed E-state index contributed by atoms with van der Waals surface area (Å²) in [5, 5.41) is 24.6. The average Bonchev–Trinajstić information content (AvgIpc) is 3.44. The summed E-state index contributed by atoms with van der Waals surface area (Å²) in [4.78, 5) is 10.3. The lowest BCUT2D eigenvalue weighted by Gasteiger charge is -2.44. The van der Waals surface area contributed by atoms with Crippen molar-refractivity contribution in [2.75, 3.05) is 26.2 Å². The summed E-state index contributed by atoms with van der Waals surface area (Å²) in [6.07, 6.45) is 2.86. The van der Waals surface area contributed by atoms with Crippen molar-refractivity contribution in [3.05, 3.63) is 34.4 Å². The van der Waals surface area contributed by atoms with E-state index >= 15 is 0 Å². The monoisotopic (exact) mass is 369 g/mol. The molecule has 0 radical (unpaired) electrons. The summed E-state index contributed by atoms with van der Waals surface area (Å²) >= 11 is 0. The number of nitrogens with one attached hydrogen (secondary N) is 1. The van der Waals surface area contributed by atoms with Gasteiger partial charge in [-0.25, -0.2) is 8.42 Å². The van der Waals surface area contributed by atoms with Crippen molar-refractivity contribution in [3.63, 3.8) is 0 Å². The molecule has 1 saturated carbocycles. The highest BCUT2D eigenvalue weighted by Crippen LogP contribution is 2.39. The number of sulfonamides is 1. The van der Waals surface area contributed by atoms with E-state index < -0.39 is 26.2 Å². The van der Waals surface area contributed by atoms with E-state index in [-0.39, 0.29) is 17.4 Å². The first-order chi connectivity index (χ1) is 11.9. The second-order valence-corrected chi connectivity index (χ2v) is 8.67. The van der Waals surface area contributed by atoms with Gasteiger partial charge in [0.15, 0.2) is 4.90 Å². The van der Waals surface area contributed by atoms with Gasteiger partial charge < -0.3 is 10.4 Å². The number of para-hydroxylation sites is 1. The van der Waals surface area contributed by atoms with Crippen LogP contribution >= 0.6 is 0 Å². The van der Waals surface area contributed by atoms with Crippen molar-refractivity contribution in [3.8, 4) is 0 Å². The molecule has 1 aliphatic heterocycles. The van der Waals surface area contributed by atoms with Crippen LogP contribution in [0.3, 0.4) is 0 Å². The molecule has 3 rings (SSSR count). The normalized spacial score (nSPS) is 20.6. The van der Waals surface area contributed by atoms with Crippen molar-refractivity contribution >= 4 is 15.7 Å². The zero-order valence-electron chi connectivity index (χ0n) is 13.9. The van der Waals surface area contributed by atoms with Gasteiger partial charge in [-0.2, -0.15) is 4.31 Å². The maximum absolute atomic E-state index is 13.4. The van der Waals surface area contributed by atoms with Crippen molar-refractivity contribution in [1.82, 2.24) is 9.62 Å². The first kappa shape index (κ1) is 18.2. The molecule has 8 nitrogen and oxygen atoms in total. The van der Waals surface area contributed by atoms with Gasteiger partial charge in [-0.05, 0) is 50.8 Å². The van der Waals surface area contributed by atoms with Crippen molar-refractivity contribution < 1.29 is 18.4 Å². The highest BCUT2D eigenvalue weighted by atomic mass is 32.2. The Bertz CT molecular complexity index is 742. The molecule has 0 amide bonds. The third-order valence-corrected chi connectivity index (χ3v) is 7.13. The molecule has 9 heteroatoms. The smallest absolute Gasteiger partial charge is 0.289 e. The first-order valence-corrected chi connectivity index (χ1v) is 9.92. The Hall–Kier alpha value is -1.55. The first-order valence-electron chi connectivity index (χ1n) is 8.48. The van der Waals surface area contributed by atoms with Crippen LogP contribution in [0, 0.1) is 16.0 Å². The summed E-state index contributed by atoms with van der Waals surface area (Å²) < 4.78 is 28.1. The average molecular weight is 369 g/mol. The zero-order chi connectivity index (χ0) is 18.1. The van der Waals surface area contributed by atoms with Gasteiger partial charge in [-0.1, -0.05) is 12.1 Å². The van der Waals surface area contributed by atoms with Gasteiger partial charge in [0.25, 0.3) is 15.7 Å². The quantitative estimate of drug-likeness (QED) is 0.550. The predicted octanol–water partition coefficient (Wildman–Crippen LogP) is 1.11. The molecule has 0 spiro atoms. The molecular weight excluding hydrogens is 346 g/mol. The van der Waals surface area contributed by atoms with E-state index in [9.17, 15) is 23.6 Å². The van der Waals surface area contributed by atoms with E-state index in [2.05, 4.69) is 5.32 Å². The lowest BCUT2D eigenvalue weighted by Crippen LogP contribution is -2.59. The second-order valence-electron chi connectivity index (χ2n) is 6.84. The number of hydrogen-bond donors (Lipinski definition) is 2. The highest BCUT2D eigenvalue weighted by molar-refractivity contribution is 7.89. The second kappa shape index (κ2) is 6.99. The third-order valence-electron chi connectivity index (χ3n) is 5.11. The number of rotatable bonds is 7. The van der Waals surface area contributed by atoms with Crippen LogP contribution in [0.25, 0.3) is 0 Å². The van der Waals surface area contributed by atoms with Gasteiger partial charge in [0.05, 0.1) is 17.1 Å². The number of hydrogen-bond acceptors (Lipinski definition) is 6. The standard InChI is InChI=1S/C16H23N3O5S/c20-12-16(7-9-17-10-8-16)18(11-13-5-6-13)25(23,24)15-4-2-1-3-14(15)19(21)22/h1-4,13,17,20H,5-12H2. The molecule has 2 fully saturated rings. The molecule has 138 valence electrons. The lowest BCUT2D eigenvalue weighted by molar-refractivity contribution is -0.387. The molecule has 0 atom stereocenters. The van der Waals surface area contributed by atoms with Crippen LogP contribution in [0.4, 0.5) is 5.69 Å². The predicted molar refractivity (Wildman–Crippen MR) is 91.6 cm³/mol. The van der Waals surface area contributed by atoms with Gasteiger partial charge in [0, 0.05) is 12.6 Å². The van der Waals surface area contributed by atoms with E-state index in [4.69, 9.17) is 0 Å². The molecule has 0 bridgehead atoms. The number of aliphatic hydroxyl groups is 1. The van der Waals surface area contributed by atoms with Crippen LogP contribution in [0.2, 0.25) is 0 Å². The molecule has 0 unspecified atom stereocenters. The maximum atomic E-state index is 13.4. The minimum Gasteiger partial charge on any atom is -0.394 e. The van der Waals surface area contributed by atoms with Gasteiger partial charge in [-0.15, -0.1) is 0 Å². The van der Waals surface area contributed by atoms with E-state index in [0.29, 0.717) is 32.5 Å². The van der Waals surface area contributed by atoms with Gasteiger partial charge in [0.1, 0.15) is 0 Å². The Labute approximate surface area is 147 Å². The molecule has 25 heavy (non-hydrogen) atoms. The van der Waals surface area contributed by atoms with Crippen LogP contribution in [-0.4, -0.2) is 54.5 Å². The number of piperidine rings is 1. The van der Waals surface area contributed by atoms with Crippen LogP contribution in [0.5, 0.6) is 0 Å². The highest BCUT2D eigenvalue weighted by Gasteiger charge is 2.48. The molecule has 2 N–H and O–H groups in total. The van der Waals surface area contributed by atoms with Crippen LogP contribution in [0.1, 0.15) is 25.7 Å². The molecule has 2 aliphatic rings. The molecule has 1 heterocycles. The fourth-order valence-corrected chi connectivity index (χ4v) is 5.46. The summed E-state index contributed by atoms with van der Waals surface area (Å²) in [5.41, 5.74) is -1.33. The fraction of sp³-hybridized carbons (Fsp3) is 0.625. The third kappa shape index (κ3) is 3.55. The van der Waals surface area contributed by atoms with Gasteiger partial charge >= 0.3 is 0 Å². The summed E-state index contributed by atoms with van der Waals surface area (Å²) in [7, 11) is -4.10. The number of benzene rings is 1. The number of aliphatic hydroxyl groups excluding tert-OH is 1. The van der Waals surface area contributed by atoms with Crippen LogP contribution in [-0.2, 0) is 10.0 Å². The maximum Gasteiger partial charge on any atom is 0.289 e. The molecule has 1 aromatic rings. The van der Waals surface area contributed by atoms with E-state index in [1.807, 2.05) is 0 Å². The van der Waals surface area contributed by atoms with Crippen molar-refractivity contribution in [2.45, 2.75) is 36.1 Å². The Morgan fingerprint density at radius 2 is 1.92 bits per heavy atom. The lowest BCUT2D eigenvalue weighted by atomic mass is 9.89. The van der Waals surface area contributed by atoms with Gasteiger partial charge in [-0.3, -0.25) is 10.1 Å². The topological polar surface area (TPSA) is 113 Å². The largest absolute Gasteiger partial charge is 0.394 e. The molecule has 1 saturated heterocycles. The number of nitrogens with zero attached hydrogens (tertiary/aromatic N) is 2. The molecule has 1 aromatic carbocycles. The molecule has 1 aliphatic carbocycles. The minimum absolute atomic E-state index is 0.260. The number of nitro groups is 1. The Morgan fingerprint density at radius 3 is 2.48 bits per heavy atom. The SMILES string of the molecule is O=[N+]([O-])c1ccccc1S(=O)(=O)N(CC1CC1)C1(CO)CCNCC1. The zero-order valence-corrected chi connectivity index (χ0v) is 14.7. The Morgan fingerprint density at radius 1 is 1.28 bits per heavy atom. The summed E-state index contributed by atoms with van der Waals surface area (Å²) in [6, 6.07) is 5.42. The molecular formula is C16H23N3O5S. The fourth-order valence-electron chi connectivity index (χ4n) is 3.41. The van der Waals surface area contributed by atoms with Crippen molar-refractivity contribution in [2.24, 2.45) is 5.92 Å². The van der Waals surface area contributed by atoms with E-state index in [1.165, 1.54) is 28.6 Å². The Balaban J connectivity index is 2.07. The molecule has 0 aromatic heterocycles. The number of nitro benzene ring substituents is 1. The Kier molecular flexibility index (Phi) is 5.10. The van der Waals surface area contributed by atoms with E-state index in [0.717, 1.165) is 12.8 Å². The summed E-state index contributed by atoms with van der Waals surface area (Å²) in [6.45, 7) is 1.22. The van der Waals surface area contributed by atoms with E-state index in [1.54, 1.807) is 0 Å². The minimum atomic E-state index is -4.10. The van der Waals surface area contributed by atoms with Crippen molar-refractivity contribution in [1.29, 1.82) is 0 Å². The van der Waals surface area contributed by atoms with Crippen LogP contribution < -0.4 is 5.32 Å². The van der Waals surface area contributed by atoms with Crippen LogP contribution in [0.15, 0.2) is 29.2 Å². The summed E-state index contributed by atoms with van der Waals surface area (Å²) in [5.74, 6) is 0.260. The van der Waals surface area contributed by atoms with Gasteiger partial charge in [0.2, 0.25) is 0 Å².